The molecule has 1 aliphatic rings. The number of esters is 1. The second-order valence-corrected chi connectivity index (χ2v) is 4.18. The largest absolute Gasteiger partial charge is 0.466 e. The molecule has 0 heterocycles. The standard InChI is InChI=1S/C11H18O2/c1-5-7-8-9(11(8,3)4)10(12)13-6-2/h5,8-9H,1,6-7H2,2-4H3/t8-,9+/m0/s1. The molecule has 2 heteroatoms. The molecule has 1 aliphatic carbocycles. The smallest absolute Gasteiger partial charge is 0.309 e. The zero-order valence-electron chi connectivity index (χ0n) is 8.67. The molecule has 0 aliphatic heterocycles. The number of allylic oxidation sites excluding steroid dienone is 1. The van der Waals surface area contributed by atoms with Crippen LogP contribution >= 0.6 is 0 Å². The topological polar surface area (TPSA) is 26.3 Å². The van der Waals surface area contributed by atoms with Crippen LogP contribution in [0.2, 0.25) is 0 Å². The van der Waals surface area contributed by atoms with Crippen LogP contribution in [0.3, 0.4) is 0 Å². The van der Waals surface area contributed by atoms with E-state index >= 15 is 0 Å². The van der Waals surface area contributed by atoms with Gasteiger partial charge < -0.3 is 4.74 Å². The lowest BCUT2D eigenvalue weighted by Crippen LogP contribution is -2.10. The van der Waals surface area contributed by atoms with E-state index in [1.54, 1.807) is 0 Å². The van der Waals surface area contributed by atoms with Gasteiger partial charge in [0.15, 0.2) is 0 Å². The van der Waals surface area contributed by atoms with Crippen molar-refractivity contribution in [2.45, 2.75) is 27.2 Å². The summed E-state index contributed by atoms with van der Waals surface area (Å²) in [5, 5.41) is 0. The van der Waals surface area contributed by atoms with Crippen molar-refractivity contribution < 1.29 is 9.53 Å². The van der Waals surface area contributed by atoms with E-state index in [1.165, 1.54) is 0 Å². The summed E-state index contributed by atoms with van der Waals surface area (Å²) in [5.41, 5.74) is 0.112. The lowest BCUT2D eigenvalue weighted by molar-refractivity contribution is -0.145. The molecule has 2 atom stereocenters. The molecule has 0 unspecified atom stereocenters. The predicted molar refractivity (Wildman–Crippen MR) is 52.2 cm³/mol. The minimum Gasteiger partial charge on any atom is -0.466 e. The summed E-state index contributed by atoms with van der Waals surface area (Å²) in [6, 6.07) is 0. The maximum atomic E-state index is 11.4. The normalized spacial score (nSPS) is 29.5. The van der Waals surface area contributed by atoms with Gasteiger partial charge >= 0.3 is 5.97 Å². The van der Waals surface area contributed by atoms with Crippen LogP contribution in [-0.2, 0) is 9.53 Å². The van der Waals surface area contributed by atoms with Gasteiger partial charge in [0.25, 0.3) is 0 Å². The summed E-state index contributed by atoms with van der Waals surface area (Å²) in [5.74, 6) is 0.480. The molecule has 1 saturated carbocycles. The van der Waals surface area contributed by atoms with Crippen LogP contribution in [-0.4, -0.2) is 12.6 Å². The Balaban J connectivity index is 2.53. The highest BCUT2D eigenvalue weighted by Crippen LogP contribution is 2.60. The van der Waals surface area contributed by atoms with E-state index in [2.05, 4.69) is 20.4 Å². The van der Waals surface area contributed by atoms with E-state index in [0.29, 0.717) is 12.5 Å². The summed E-state index contributed by atoms with van der Waals surface area (Å²) < 4.78 is 5.00. The molecule has 74 valence electrons. The molecule has 0 bridgehead atoms. The first-order chi connectivity index (χ1) is 6.05. The number of carbonyl (C=O) groups is 1. The number of ether oxygens (including phenoxy) is 1. The second kappa shape index (κ2) is 3.52. The predicted octanol–water partition coefficient (Wildman–Crippen LogP) is 2.40. The summed E-state index contributed by atoms with van der Waals surface area (Å²) in [6.45, 7) is 10.2. The number of hydrogen-bond acceptors (Lipinski definition) is 2. The molecule has 0 aromatic carbocycles. The van der Waals surface area contributed by atoms with E-state index in [1.807, 2.05) is 13.0 Å². The van der Waals surface area contributed by atoms with Crippen molar-refractivity contribution in [2.75, 3.05) is 6.61 Å². The Bertz CT molecular complexity index is 218. The molecule has 0 amide bonds. The fourth-order valence-electron chi connectivity index (χ4n) is 2.06. The number of hydrogen-bond donors (Lipinski definition) is 0. The Morgan fingerprint density at radius 3 is 2.69 bits per heavy atom. The Morgan fingerprint density at radius 1 is 1.62 bits per heavy atom. The highest BCUT2D eigenvalue weighted by Gasteiger charge is 2.61. The molecule has 0 aromatic rings. The summed E-state index contributed by atoms with van der Waals surface area (Å²) in [6.07, 6.45) is 2.79. The molecule has 1 fully saturated rings. The van der Waals surface area contributed by atoms with Gasteiger partial charge in [-0.05, 0) is 24.7 Å². The van der Waals surface area contributed by atoms with Gasteiger partial charge in [0.2, 0.25) is 0 Å². The highest BCUT2D eigenvalue weighted by molar-refractivity contribution is 5.77. The van der Waals surface area contributed by atoms with Crippen LogP contribution < -0.4 is 0 Å². The van der Waals surface area contributed by atoms with Gasteiger partial charge in [-0.25, -0.2) is 0 Å². The zero-order valence-corrected chi connectivity index (χ0v) is 8.67. The van der Waals surface area contributed by atoms with Crippen LogP contribution in [0, 0.1) is 17.3 Å². The minimum atomic E-state index is -0.0423. The van der Waals surface area contributed by atoms with Crippen molar-refractivity contribution in [3.8, 4) is 0 Å². The monoisotopic (exact) mass is 182 g/mol. The molecule has 1 rings (SSSR count). The van der Waals surface area contributed by atoms with E-state index in [0.717, 1.165) is 6.42 Å². The van der Waals surface area contributed by atoms with Gasteiger partial charge in [0.05, 0.1) is 12.5 Å². The first kappa shape index (κ1) is 10.3. The third-order valence-corrected chi connectivity index (χ3v) is 3.01. The number of rotatable bonds is 4. The molecule has 0 saturated heterocycles. The summed E-state index contributed by atoms with van der Waals surface area (Å²) >= 11 is 0. The molecule has 0 spiro atoms. The molecular weight excluding hydrogens is 164 g/mol. The first-order valence-corrected chi connectivity index (χ1v) is 4.83. The van der Waals surface area contributed by atoms with Crippen LogP contribution in [0.1, 0.15) is 27.2 Å². The highest BCUT2D eigenvalue weighted by atomic mass is 16.5. The van der Waals surface area contributed by atoms with Crippen LogP contribution in [0.15, 0.2) is 12.7 Å². The molecular formula is C11H18O2. The number of carbonyl (C=O) groups excluding carboxylic acids is 1. The fraction of sp³-hybridized carbons (Fsp3) is 0.727. The first-order valence-electron chi connectivity index (χ1n) is 4.83. The fourth-order valence-corrected chi connectivity index (χ4v) is 2.06. The van der Waals surface area contributed by atoms with E-state index in [-0.39, 0.29) is 17.3 Å². The molecule has 0 N–H and O–H groups in total. The van der Waals surface area contributed by atoms with Crippen molar-refractivity contribution in [3.63, 3.8) is 0 Å². The van der Waals surface area contributed by atoms with Gasteiger partial charge in [-0.1, -0.05) is 19.9 Å². The van der Waals surface area contributed by atoms with Crippen molar-refractivity contribution in [3.05, 3.63) is 12.7 Å². The SMILES string of the molecule is C=CC[C@H]1[C@H](C(=O)OCC)C1(C)C. The van der Waals surface area contributed by atoms with Gasteiger partial charge in [-0.2, -0.15) is 0 Å². The Hall–Kier alpha value is -0.790. The van der Waals surface area contributed by atoms with Gasteiger partial charge in [-0.15, -0.1) is 6.58 Å². The van der Waals surface area contributed by atoms with Crippen molar-refractivity contribution in [1.82, 2.24) is 0 Å². The van der Waals surface area contributed by atoms with E-state index in [9.17, 15) is 4.79 Å². The Kier molecular flexibility index (Phi) is 2.79. The Morgan fingerprint density at radius 2 is 2.23 bits per heavy atom. The molecule has 2 nitrogen and oxygen atoms in total. The third kappa shape index (κ3) is 1.77. The van der Waals surface area contributed by atoms with Gasteiger partial charge in [0, 0.05) is 0 Å². The molecule has 0 radical (unpaired) electrons. The third-order valence-electron chi connectivity index (χ3n) is 3.01. The van der Waals surface area contributed by atoms with Gasteiger partial charge in [-0.3, -0.25) is 4.79 Å². The quantitative estimate of drug-likeness (QED) is 0.493. The van der Waals surface area contributed by atoms with Crippen molar-refractivity contribution >= 4 is 5.97 Å². The average Bonchev–Trinajstić information content (AvgIpc) is 2.55. The minimum absolute atomic E-state index is 0.0423. The summed E-state index contributed by atoms with van der Waals surface area (Å²) in [7, 11) is 0. The lowest BCUT2D eigenvalue weighted by Gasteiger charge is -2.01. The maximum Gasteiger partial charge on any atom is 0.309 e. The van der Waals surface area contributed by atoms with Crippen LogP contribution in [0.4, 0.5) is 0 Å². The second-order valence-electron chi connectivity index (χ2n) is 4.18. The van der Waals surface area contributed by atoms with Crippen LogP contribution in [0.25, 0.3) is 0 Å². The molecule has 13 heavy (non-hydrogen) atoms. The van der Waals surface area contributed by atoms with E-state index in [4.69, 9.17) is 4.74 Å². The van der Waals surface area contributed by atoms with Gasteiger partial charge in [0.1, 0.15) is 0 Å². The average molecular weight is 182 g/mol. The Labute approximate surface area is 80.0 Å². The maximum absolute atomic E-state index is 11.4. The van der Waals surface area contributed by atoms with Crippen molar-refractivity contribution in [1.29, 1.82) is 0 Å². The van der Waals surface area contributed by atoms with Crippen LogP contribution in [0.5, 0.6) is 0 Å². The molecule has 0 aromatic heterocycles. The zero-order chi connectivity index (χ0) is 10.1. The lowest BCUT2D eigenvalue weighted by atomic mass is 10.1. The summed E-state index contributed by atoms with van der Waals surface area (Å²) in [4.78, 5) is 11.4. The van der Waals surface area contributed by atoms with Crippen molar-refractivity contribution in [2.24, 2.45) is 17.3 Å². The van der Waals surface area contributed by atoms with E-state index < -0.39 is 0 Å².